The third-order valence-corrected chi connectivity index (χ3v) is 3.56. The van der Waals surface area contributed by atoms with Crippen LogP contribution < -0.4 is 0 Å². The molecule has 2 rings (SSSR count). The molecule has 1 N–H and O–H groups in total. The zero-order valence-corrected chi connectivity index (χ0v) is 10.3. The Labute approximate surface area is 102 Å². The number of benzene rings is 1. The number of rotatable bonds is 1. The van der Waals surface area contributed by atoms with E-state index in [0.717, 1.165) is 4.47 Å². The van der Waals surface area contributed by atoms with E-state index in [9.17, 15) is 14.3 Å². The molecule has 0 aromatic heterocycles. The monoisotopic (exact) mass is 286 g/mol. The molecule has 0 amide bonds. The summed E-state index contributed by atoms with van der Waals surface area (Å²) in [5.74, 6) is -0.278. The Morgan fingerprint density at radius 3 is 2.56 bits per heavy atom. The van der Waals surface area contributed by atoms with Gasteiger partial charge >= 0.3 is 0 Å². The van der Waals surface area contributed by atoms with Crippen LogP contribution in [-0.4, -0.2) is 10.9 Å². The summed E-state index contributed by atoms with van der Waals surface area (Å²) in [4.78, 5) is 11.1. The van der Waals surface area contributed by atoms with E-state index in [-0.39, 0.29) is 11.3 Å². The summed E-state index contributed by atoms with van der Waals surface area (Å²) >= 11 is 3.25. The lowest BCUT2D eigenvalue weighted by atomic mass is 9.79. The molecule has 1 aromatic carbocycles. The van der Waals surface area contributed by atoms with Crippen molar-refractivity contribution in [2.45, 2.75) is 31.3 Å². The maximum absolute atomic E-state index is 13.6. The highest BCUT2D eigenvalue weighted by Gasteiger charge is 2.36. The van der Waals surface area contributed by atoms with Crippen molar-refractivity contribution >= 4 is 21.7 Å². The lowest BCUT2D eigenvalue weighted by Crippen LogP contribution is -2.32. The molecule has 0 heterocycles. The summed E-state index contributed by atoms with van der Waals surface area (Å²) < 4.78 is 14.4. The molecule has 0 aliphatic heterocycles. The number of carbonyl (C=O) groups excluding carboxylic acids is 1. The molecular weight excluding hydrogens is 275 g/mol. The highest BCUT2D eigenvalue weighted by atomic mass is 79.9. The average molecular weight is 287 g/mol. The molecule has 2 nitrogen and oxygen atoms in total. The van der Waals surface area contributed by atoms with Crippen molar-refractivity contribution in [3.05, 3.63) is 34.1 Å². The van der Waals surface area contributed by atoms with Crippen LogP contribution in [0.2, 0.25) is 0 Å². The molecule has 1 aromatic rings. The van der Waals surface area contributed by atoms with Crippen LogP contribution in [0.25, 0.3) is 0 Å². The number of hydrogen-bond acceptors (Lipinski definition) is 2. The second-order valence-corrected chi connectivity index (χ2v) is 5.11. The maximum Gasteiger partial charge on any atom is 0.133 e. The zero-order chi connectivity index (χ0) is 11.8. The Balaban J connectivity index is 2.35. The van der Waals surface area contributed by atoms with Crippen molar-refractivity contribution in [3.63, 3.8) is 0 Å². The van der Waals surface area contributed by atoms with Crippen molar-refractivity contribution in [2.75, 3.05) is 0 Å². The first-order valence-corrected chi connectivity index (χ1v) is 6.00. The van der Waals surface area contributed by atoms with E-state index in [2.05, 4.69) is 15.9 Å². The second-order valence-electron chi connectivity index (χ2n) is 4.19. The van der Waals surface area contributed by atoms with Crippen LogP contribution in [0.15, 0.2) is 22.7 Å². The molecule has 86 valence electrons. The third kappa shape index (κ3) is 2.18. The Bertz CT molecular complexity index is 421. The van der Waals surface area contributed by atoms with Gasteiger partial charge in [-0.1, -0.05) is 15.9 Å². The fourth-order valence-electron chi connectivity index (χ4n) is 2.07. The molecule has 0 unspecified atom stereocenters. The number of Topliss-reactive ketones (excluding diaryl/α,β-unsaturated/α-hetero) is 1. The van der Waals surface area contributed by atoms with E-state index in [1.165, 1.54) is 6.07 Å². The zero-order valence-electron chi connectivity index (χ0n) is 8.67. The standard InChI is InChI=1S/C12H12BrFO2/c13-8-1-2-11(14)10(7-8)12(16)5-3-9(15)4-6-12/h1-2,7,16H,3-6H2. The minimum atomic E-state index is -1.19. The van der Waals surface area contributed by atoms with E-state index in [4.69, 9.17) is 0 Å². The molecule has 1 saturated carbocycles. The maximum atomic E-state index is 13.6. The second kappa shape index (κ2) is 4.26. The number of carbonyl (C=O) groups is 1. The number of hydrogen-bond donors (Lipinski definition) is 1. The quantitative estimate of drug-likeness (QED) is 0.862. The van der Waals surface area contributed by atoms with Gasteiger partial charge < -0.3 is 5.11 Å². The van der Waals surface area contributed by atoms with Gasteiger partial charge in [0.25, 0.3) is 0 Å². The number of ketones is 1. The average Bonchev–Trinajstić information content (AvgIpc) is 2.26. The molecule has 0 spiro atoms. The highest BCUT2D eigenvalue weighted by Crippen LogP contribution is 2.37. The predicted molar refractivity (Wildman–Crippen MR) is 61.5 cm³/mol. The topological polar surface area (TPSA) is 37.3 Å². The van der Waals surface area contributed by atoms with E-state index in [0.29, 0.717) is 25.7 Å². The third-order valence-electron chi connectivity index (χ3n) is 3.06. The van der Waals surface area contributed by atoms with Crippen molar-refractivity contribution in [2.24, 2.45) is 0 Å². The van der Waals surface area contributed by atoms with E-state index < -0.39 is 11.4 Å². The summed E-state index contributed by atoms with van der Waals surface area (Å²) in [5.41, 5.74) is -0.906. The van der Waals surface area contributed by atoms with Gasteiger partial charge in [-0.05, 0) is 31.0 Å². The summed E-state index contributed by atoms with van der Waals surface area (Å²) in [5, 5.41) is 10.4. The molecule has 0 atom stereocenters. The van der Waals surface area contributed by atoms with E-state index in [1.54, 1.807) is 12.1 Å². The van der Waals surface area contributed by atoms with Gasteiger partial charge in [0.1, 0.15) is 11.6 Å². The number of aliphatic hydroxyl groups is 1. The Morgan fingerprint density at radius 1 is 1.31 bits per heavy atom. The molecule has 1 aliphatic rings. The first kappa shape index (κ1) is 11.7. The van der Waals surface area contributed by atoms with Gasteiger partial charge in [0.05, 0.1) is 5.60 Å². The summed E-state index contributed by atoms with van der Waals surface area (Å²) in [6, 6.07) is 4.51. The van der Waals surface area contributed by atoms with Gasteiger partial charge in [-0.3, -0.25) is 4.79 Å². The minimum Gasteiger partial charge on any atom is -0.385 e. The molecule has 0 saturated heterocycles. The predicted octanol–water partition coefficient (Wildman–Crippen LogP) is 2.92. The normalized spacial score (nSPS) is 19.8. The fraction of sp³-hybridized carbons (Fsp3) is 0.417. The van der Waals surface area contributed by atoms with Crippen LogP contribution >= 0.6 is 15.9 Å². The van der Waals surface area contributed by atoms with Gasteiger partial charge in [-0.15, -0.1) is 0 Å². The fourth-order valence-corrected chi connectivity index (χ4v) is 2.43. The Hall–Kier alpha value is -0.740. The first-order chi connectivity index (χ1) is 7.51. The summed E-state index contributed by atoms with van der Waals surface area (Å²) in [6.45, 7) is 0. The van der Waals surface area contributed by atoms with Crippen LogP contribution in [0.4, 0.5) is 4.39 Å². The SMILES string of the molecule is O=C1CCC(O)(c2cc(Br)ccc2F)CC1. The minimum absolute atomic E-state index is 0.139. The van der Waals surface area contributed by atoms with Crippen LogP contribution in [0, 0.1) is 5.82 Å². The first-order valence-electron chi connectivity index (χ1n) is 5.21. The molecule has 16 heavy (non-hydrogen) atoms. The lowest BCUT2D eigenvalue weighted by molar-refractivity contribution is -0.125. The molecule has 0 radical (unpaired) electrons. The van der Waals surface area contributed by atoms with Gasteiger partial charge in [0, 0.05) is 22.9 Å². The molecular formula is C12H12BrFO2. The molecule has 0 bridgehead atoms. The Morgan fingerprint density at radius 2 is 1.94 bits per heavy atom. The van der Waals surface area contributed by atoms with Crippen molar-refractivity contribution in [1.29, 1.82) is 0 Å². The van der Waals surface area contributed by atoms with Crippen LogP contribution in [0.3, 0.4) is 0 Å². The largest absolute Gasteiger partial charge is 0.385 e. The highest BCUT2D eigenvalue weighted by molar-refractivity contribution is 9.10. The van der Waals surface area contributed by atoms with Crippen molar-refractivity contribution in [1.82, 2.24) is 0 Å². The molecule has 1 fully saturated rings. The Kier molecular flexibility index (Phi) is 3.13. The van der Waals surface area contributed by atoms with Gasteiger partial charge in [0.15, 0.2) is 0 Å². The summed E-state index contributed by atoms with van der Waals surface area (Å²) in [7, 11) is 0. The molecule has 1 aliphatic carbocycles. The van der Waals surface area contributed by atoms with E-state index in [1.807, 2.05) is 0 Å². The van der Waals surface area contributed by atoms with Gasteiger partial charge in [-0.25, -0.2) is 4.39 Å². The smallest absolute Gasteiger partial charge is 0.133 e. The van der Waals surface area contributed by atoms with Gasteiger partial charge in [-0.2, -0.15) is 0 Å². The molecule has 4 heteroatoms. The van der Waals surface area contributed by atoms with Gasteiger partial charge in [0.2, 0.25) is 0 Å². The van der Waals surface area contributed by atoms with Crippen molar-refractivity contribution < 1.29 is 14.3 Å². The van der Waals surface area contributed by atoms with E-state index >= 15 is 0 Å². The van der Waals surface area contributed by atoms with Crippen LogP contribution in [-0.2, 0) is 10.4 Å². The lowest BCUT2D eigenvalue weighted by Gasteiger charge is -2.32. The summed E-state index contributed by atoms with van der Waals surface area (Å²) in [6.07, 6.45) is 1.25. The number of halogens is 2. The van der Waals surface area contributed by atoms with Crippen LogP contribution in [0.5, 0.6) is 0 Å². The van der Waals surface area contributed by atoms with Crippen LogP contribution in [0.1, 0.15) is 31.2 Å². The van der Waals surface area contributed by atoms with Crippen molar-refractivity contribution in [3.8, 4) is 0 Å².